The van der Waals surface area contributed by atoms with E-state index in [1.54, 1.807) is 6.07 Å². The summed E-state index contributed by atoms with van der Waals surface area (Å²) in [5.74, 6) is 0. The molecule has 2 aromatic rings. The average molecular weight is 350 g/mol. The van der Waals surface area contributed by atoms with Crippen molar-refractivity contribution in [1.82, 2.24) is 14.1 Å². The van der Waals surface area contributed by atoms with Crippen molar-refractivity contribution in [2.45, 2.75) is 59.5 Å². The van der Waals surface area contributed by atoms with E-state index in [2.05, 4.69) is 5.10 Å². The molecule has 1 heterocycles. The molecule has 24 heavy (non-hydrogen) atoms. The highest BCUT2D eigenvalue weighted by Crippen LogP contribution is 2.24. The molecule has 0 amide bonds. The van der Waals surface area contributed by atoms with Crippen molar-refractivity contribution in [3.05, 3.63) is 46.3 Å². The monoisotopic (exact) mass is 349 g/mol. The van der Waals surface area contributed by atoms with Crippen LogP contribution in [-0.4, -0.2) is 29.0 Å². The third kappa shape index (κ3) is 3.39. The molecule has 0 N–H and O–H groups in total. The van der Waals surface area contributed by atoms with Crippen LogP contribution in [0, 0.1) is 27.7 Å². The van der Waals surface area contributed by atoms with Gasteiger partial charge in [-0.15, -0.1) is 0 Å². The fraction of sp³-hybridized carbons (Fsp3) is 0.500. The molecule has 0 aliphatic rings. The lowest BCUT2D eigenvalue weighted by atomic mass is 10.2. The predicted octanol–water partition coefficient (Wildman–Crippen LogP) is 3.35. The highest BCUT2D eigenvalue weighted by Gasteiger charge is 2.27. The van der Waals surface area contributed by atoms with Gasteiger partial charge in [0.15, 0.2) is 0 Å². The molecule has 2 rings (SSSR count). The second-order valence-corrected chi connectivity index (χ2v) is 8.07. The lowest BCUT2D eigenvalue weighted by Gasteiger charge is -2.22. The molecule has 0 atom stereocenters. The van der Waals surface area contributed by atoms with Crippen molar-refractivity contribution >= 4 is 10.0 Å². The third-order valence-electron chi connectivity index (χ3n) is 4.48. The van der Waals surface area contributed by atoms with Crippen LogP contribution in [0.5, 0.6) is 0 Å². The molecule has 0 aliphatic heterocycles. The predicted molar refractivity (Wildman–Crippen MR) is 96.6 cm³/mol. The van der Waals surface area contributed by atoms with Gasteiger partial charge in [0.2, 0.25) is 10.0 Å². The molecule has 1 aromatic carbocycles. The second-order valence-electron chi connectivity index (χ2n) is 6.17. The molecule has 0 aliphatic carbocycles. The Kier molecular flexibility index (Phi) is 5.50. The van der Waals surface area contributed by atoms with Crippen LogP contribution in [0.3, 0.4) is 0 Å². The summed E-state index contributed by atoms with van der Waals surface area (Å²) in [5, 5.41) is 4.50. The first-order valence-electron chi connectivity index (χ1n) is 8.32. The number of aryl methyl sites for hydroxylation is 4. The molecule has 0 bridgehead atoms. The number of nitrogens with zero attached hydrogens (tertiary/aromatic N) is 3. The highest BCUT2D eigenvalue weighted by molar-refractivity contribution is 7.89. The molecule has 0 saturated carbocycles. The Morgan fingerprint density at radius 1 is 1.12 bits per heavy atom. The zero-order valence-electron chi connectivity index (χ0n) is 15.4. The first kappa shape index (κ1) is 18.7. The summed E-state index contributed by atoms with van der Waals surface area (Å²) in [6.45, 7) is 13.1. The van der Waals surface area contributed by atoms with Gasteiger partial charge in [0.1, 0.15) is 0 Å². The van der Waals surface area contributed by atoms with Crippen LogP contribution in [0.2, 0.25) is 0 Å². The van der Waals surface area contributed by atoms with Gasteiger partial charge in [-0.2, -0.15) is 9.40 Å². The van der Waals surface area contributed by atoms with Crippen LogP contribution in [0.4, 0.5) is 0 Å². The smallest absolute Gasteiger partial charge is 0.243 e. The Labute approximate surface area is 145 Å². The van der Waals surface area contributed by atoms with Gasteiger partial charge in [0.05, 0.1) is 10.6 Å². The largest absolute Gasteiger partial charge is 0.270 e. The summed E-state index contributed by atoms with van der Waals surface area (Å²) < 4.78 is 29.7. The second kappa shape index (κ2) is 7.07. The van der Waals surface area contributed by atoms with Gasteiger partial charge in [0.25, 0.3) is 0 Å². The summed E-state index contributed by atoms with van der Waals surface area (Å²) in [4.78, 5) is 0.391. The van der Waals surface area contributed by atoms with Crippen molar-refractivity contribution in [2.24, 2.45) is 0 Å². The molecule has 6 heteroatoms. The summed E-state index contributed by atoms with van der Waals surface area (Å²) in [5.41, 5.74) is 4.64. The molecule has 0 radical (unpaired) electrons. The molecule has 132 valence electrons. The summed E-state index contributed by atoms with van der Waals surface area (Å²) in [6, 6.07) is 5.55. The minimum absolute atomic E-state index is 0.351. The fourth-order valence-electron chi connectivity index (χ4n) is 2.94. The summed E-state index contributed by atoms with van der Waals surface area (Å²) in [6.07, 6.45) is 0. The zero-order valence-corrected chi connectivity index (χ0v) is 16.2. The first-order chi connectivity index (χ1) is 11.2. The molecular formula is C18H27N3O2S. The topological polar surface area (TPSA) is 55.2 Å². The summed E-state index contributed by atoms with van der Waals surface area (Å²) in [7, 11) is -3.54. The number of benzene rings is 1. The maximum Gasteiger partial charge on any atom is 0.243 e. The van der Waals surface area contributed by atoms with E-state index >= 15 is 0 Å². The van der Waals surface area contributed by atoms with E-state index < -0.39 is 10.0 Å². The van der Waals surface area contributed by atoms with Crippen molar-refractivity contribution < 1.29 is 8.42 Å². The Balaban J connectivity index is 2.45. The number of sulfonamides is 1. The van der Waals surface area contributed by atoms with E-state index in [9.17, 15) is 8.42 Å². The van der Waals surface area contributed by atoms with Gasteiger partial charge in [-0.05, 0) is 51.8 Å². The van der Waals surface area contributed by atoms with Crippen LogP contribution in [-0.2, 0) is 23.1 Å². The number of hydrogen-bond donors (Lipinski definition) is 0. The van der Waals surface area contributed by atoms with Crippen LogP contribution in [0.25, 0.3) is 0 Å². The van der Waals surface area contributed by atoms with Gasteiger partial charge in [0, 0.05) is 30.9 Å². The Bertz CT molecular complexity index is 838. The molecule has 0 saturated heterocycles. The minimum Gasteiger partial charge on any atom is -0.270 e. The molecule has 5 nitrogen and oxygen atoms in total. The van der Waals surface area contributed by atoms with E-state index in [4.69, 9.17) is 0 Å². The van der Waals surface area contributed by atoms with E-state index in [1.165, 1.54) is 4.31 Å². The lowest BCUT2D eigenvalue weighted by molar-refractivity contribution is 0.421. The number of hydrogen-bond acceptors (Lipinski definition) is 3. The highest BCUT2D eigenvalue weighted by atomic mass is 32.2. The SMILES string of the molecule is CCN(Cc1c(C)nn(CC)c1C)S(=O)(=O)c1cc(C)ccc1C. The molecule has 0 fully saturated rings. The maximum atomic E-state index is 13.1. The molecule has 1 aromatic heterocycles. The Morgan fingerprint density at radius 3 is 2.33 bits per heavy atom. The average Bonchev–Trinajstić information content (AvgIpc) is 2.81. The fourth-order valence-corrected chi connectivity index (χ4v) is 4.67. The van der Waals surface area contributed by atoms with Crippen LogP contribution in [0.1, 0.15) is 41.9 Å². The Morgan fingerprint density at radius 2 is 1.79 bits per heavy atom. The minimum atomic E-state index is -3.54. The van der Waals surface area contributed by atoms with Crippen molar-refractivity contribution in [3.63, 3.8) is 0 Å². The van der Waals surface area contributed by atoms with E-state index in [-0.39, 0.29) is 0 Å². The van der Waals surface area contributed by atoms with E-state index in [1.807, 2.05) is 58.4 Å². The van der Waals surface area contributed by atoms with Crippen LogP contribution in [0.15, 0.2) is 23.1 Å². The number of aromatic nitrogens is 2. The van der Waals surface area contributed by atoms with E-state index in [0.717, 1.165) is 34.6 Å². The lowest BCUT2D eigenvalue weighted by Crippen LogP contribution is -2.31. The van der Waals surface area contributed by atoms with Crippen molar-refractivity contribution in [3.8, 4) is 0 Å². The third-order valence-corrected chi connectivity index (χ3v) is 6.54. The van der Waals surface area contributed by atoms with Gasteiger partial charge in [-0.1, -0.05) is 19.1 Å². The van der Waals surface area contributed by atoms with Gasteiger partial charge < -0.3 is 0 Å². The van der Waals surface area contributed by atoms with Crippen LogP contribution >= 0.6 is 0 Å². The van der Waals surface area contributed by atoms with Crippen LogP contribution < -0.4 is 0 Å². The van der Waals surface area contributed by atoms with Gasteiger partial charge >= 0.3 is 0 Å². The quantitative estimate of drug-likeness (QED) is 0.803. The Hall–Kier alpha value is -1.66. The molecule has 0 unspecified atom stereocenters. The molecular weight excluding hydrogens is 322 g/mol. The van der Waals surface area contributed by atoms with Gasteiger partial charge in [-0.3, -0.25) is 4.68 Å². The first-order valence-corrected chi connectivity index (χ1v) is 9.76. The van der Waals surface area contributed by atoms with Crippen molar-refractivity contribution in [1.29, 1.82) is 0 Å². The maximum absolute atomic E-state index is 13.1. The van der Waals surface area contributed by atoms with Crippen molar-refractivity contribution in [2.75, 3.05) is 6.54 Å². The number of rotatable bonds is 6. The summed E-state index contributed by atoms with van der Waals surface area (Å²) >= 11 is 0. The molecule has 0 spiro atoms. The zero-order chi connectivity index (χ0) is 18.1. The standard InChI is InChI=1S/C18H27N3O2S/c1-7-20(12-17-15(5)19-21(8-2)16(17)6)24(22,23)18-11-13(3)9-10-14(18)4/h9-11H,7-8,12H2,1-6H3. The van der Waals surface area contributed by atoms with E-state index in [0.29, 0.717) is 18.0 Å². The van der Waals surface area contributed by atoms with Gasteiger partial charge in [-0.25, -0.2) is 8.42 Å². The normalized spacial score (nSPS) is 12.1.